The van der Waals surface area contributed by atoms with Gasteiger partial charge in [-0.05, 0) is 49.9 Å². The molecule has 0 aromatic rings. The number of rotatable bonds is 23. The third-order valence-electron chi connectivity index (χ3n) is 6.30. The molecule has 202 valence electrons. The monoisotopic (exact) mass is 514 g/mol. The molecule has 0 aromatic carbocycles. The molecular formula is C28H58O4Si2. The smallest absolute Gasteiger partial charge is 0.367 e. The third-order valence-corrected chi connectivity index (χ3v) is 14.2. The van der Waals surface area contributed by atoms with Crippen molar-refractivity contribution < 1.29 is 17.7 Å². The van der Waals surface area contributed by atoms with E-state index < -0.39 is 17.1 Å². The molecule has 6 heteroatoms. The maximum Gasteiger partial charge on any atom is 0.367 e. The molecule has 0 aliphatic rings. The van der Waals surface area contributed by atoms with Crippen LogP contribution in [-0.2, 0) is 17.7 Å². The Morgan fingerprint density at radius 2 is 0.794 bits per heavy atom. The summed E-state index contributed by atoms with van der Waals surface area (Å²) in [5, 5.41) is 0. The highest BCUT2D eigenvalue weighted by atomic mass is 28.4. The molecule has 0 saturated carbocycles. The molecule has 0 radical (unpaired) electrons. The van der Waals surface area contributed by atoms with Crippen LogP contribution in [0.2, 0.25) is 11.1 Å². The lowest BCUT2D eigenvalue weighted by atomic mass is 10.2. The van der Waals surface area contributed by atoms with E-state index in [1.807, 2.05) is 0 Å². The molecule has 4 nitrogen and oxygen atoms in total. The van der Waals surface area contributed by atoms with E-state index in [0.29, 0.717) is 0 Å². The largest absolute Gasteiger partial charge is 0.391 e. The minimum Gasteiger partial charge on any atom is -0.391 e. The average molecular weight is 515 g/mol. The zero-order chi connectivity index (χ0) is 25.7. The van der Waals surface area contributed by atoms with Crippen molar-refractivity contribution in [1.29, 1.82) is 0 Å². The summed E-state index contributed by atoms with van der Waals surface area (Å²) in [5.74, 6) is 0. The van der Waals surface area contributed by atoms with Crippen molar-refractivity contribution in [3.05, 3.63) is 23.6 Å². The highest BCUT2D eigenvalue weighted by Gasteiger charge is 2.53. The lowest BCUT2D eigenvalue weighted by Crippen LogP contribution is -2.54. The molecule has 2 atom stereocenters. The maximum absolute atomic E-state index is 6.71. The Balaban J connectivity index is 6.31. The van der Waals surface area contributed by atoms with Crippen molar-refractivity contribution in [2.75, 3.05) is 26.4 Å². The van der Waals surface area contributed by atoms with Crippen molar-refractivity contribution in [1.82, 2.24) is 0 Å². The number of hydrogen-bond acceptors (Lipinski definition) is 4. The molecule has 0 amide bonds. The second-order valence-electron chi connectivity index (χ2n) is 9.50. The topological polar surface area (TPSA) is 36.9 Å². The van der Waals surface area contributed by atoms with Crippen molar-refractivity contribution in [3.63, 3.8) is 0 Å². The van der Waals surface area contributed by atoms with Crippen molar-refractivity contribution in [2.24, 2.45) is 0 Å². The number of unbranched alkanes of at least 4 members (excludes halogenated alkanes) is 4. The Morgan fingerprint density at radius 1 is 0.500 bits per heavy atom. The van der Waals surface area contributed by atoms with Gasteiger partial charge in [-0.25, -0.2) is 0 Å². The van der Waals surface area contributed by atoms with Gasteiger partial charge in [0.2, 0.25) is 0 Å². The fraction of sp³-hybridized carbons (Fsp3) is 0.857. The molecule has 0 N–H and O–H groups in total. The molecule has 0 fully saturated rings. The average Bonchev–Trinajstić information content (AvgIpc) is 2.86. The summed E-state index contributed by atoms with van der Waals surface area (Å²) in [6.45, 7) is 20.8. The summed E-state index contributed by atoms with van der Waals surface area (Å²) in [5.41, 5.74) is 5.13. The van der Waals surface area contributed by atoms with Gasteiger partial charge in [0.25, 0.3) is 0 Å². The van der Waals surface area contributed by atoms with Gasteiger partial charge in [0, 0.05) is 37.5 Å². The summed E-state index contributed by atoms with van der Waals surface area (Å²) >= 11 is 0. The van der Waals surface area contributed by atoms with Crippen molar-refractivity contribution >= 4 is 17.1 Å². The zero-order valence-electron chi connectivity index (χ0n) is 24.0. The second-order valence-corrected chi connectivity index (χ2v) is 16.0. The fourth-order valence-corrected chi connectivity index (χ4v) is 12.1. The predicted molar refractivity (Wildman–Crippen MR) is 153 cm³/mol. The van der Waals surface area contributed by atoms with E-state index in [1.165, 1.54) is 25.7 Å². The molecule has 0 aromatic heterocycles. The van der Waals surface area contributed by atoms with E-state index in [9.17, 15) is 0 Å². The maximum atomic E-state index is 6.71. The van der Waals surface area contributed by atoms with Crippen molar-refractivity contribution in [2.45, 2.75) is 131 Å². The molecule has 0 spiro atoms. The van der Waals surface area contributed by atoms with Crippen LogP contribution in [0.5, 0.6) is 0 Å². The Labute approximate surface area is 215 Å². The number of allylic oxidation sites excluding steroid dienone is 2. The van der Waals surface area contributed by atoms with Gasteiger partial charge in [-0.1, -0.05) is 93.2 Å². The van der Waals surface area contributed by atoms with E-state index >= 15 is 0 Å². The number of hydrogen-bond donors (Lipinski definition) is 0. The van der Waals surface area contributed by atoms with Crippen LogP contribution in [0.3, 0.4) is 0 Å². The van der Waals surface area contributed by atoms with Crippen LogP contribution in [-0.4, -0.2) is 43.5 Å². The molecular weight excluding hydrogens is 456 g/mol. The van der Waals surface area contributed by atoms with E-state index in [1.54, 1.807) is 0 Å². The van der Waals surface area contributed by atoms with Crippen LogP contribution >= 0.6 is 0 Å². The van der Waals surface area contributed by atoms with E-state index in [2.05, 4.69) is 78.9 Å². The highest BCUT2D eigenvalue weighted by Crippen LogP contribution is 2.44. The SMILES string of the molecule is CCCCC=C[Si](OCCC)(OCCC)C(C)C(C)[Si](C=CCCCC)(OCCC)OCCC. The van der Waals surface area contributed by atoms with Gasteiger partial charge in [-0.15, -0.1) is 0 Å². The normalized spacial score (nSPS) is 14.9. The van der Waals surface area contributed by atoms with Gasteiger partial charge in [0.05, 0.1) is 0 Å². The molecule has 0 aliphatic carbocycles. The Kier molecular flexibility index (Phi) is 20.7. The Hall–Kier alpha value is -0.246. The molecule has 0 bridgehead atoms. The highest BCUT2D eigenvalue weighted by molar-refractivity contribution is 6.80. The predicted octanol–water partition coefficient (Wildman–Crippen LogP) is 8.93. The first-order chi connectivity index (χ1) is 16.4. The summed E-state index contributed by atoms with van der Waals surface area (Å²) in [6.07, 6.45) is 15.6. The first kappa shape index (κ1) is 33.8. The molecule has 0 heterocycles. The Morgan fingerprint density at radius 3 is 1.03 bits per heavy atom. The first-order valence-corrected chi connectivity index (χ1v) is 18.3. The summed E-state index contributed by atoms with van der Waals surface area (Å²) in [7, 11) is -5.27. The quantitative estimate of drug-likeness (QED) is 0.101. The van der Waals surface area contributed by atoms with Gasteiger partial charge in [0.15, 0.2) is 0 Å². The lowest BCUT2D eigenvalue weighted by molar-refractivity contribution is 0.151. The molecule has 0 aliphatic heterocycles. The first-order valence-electron chi connectivity index (χ1n) is 14.3. The van der Waals surface area contributed by atoms with Crippen LogP contribution in [0.15, 0.2) is 23.6 Å². The fourth-order valence-electron chi connectivity index (χ4n) is 3.99. The zero-order valence-corrected chi connectivity index (χ0v) is 26.0. The minimum atomic E-state index is -2.64. The van der Waals surface area contributed by atoms with Crippen molar-refractivity contribution in [3.8, 4) is 0 Å². The molecule has 0 saturated heterocycles. The van der Waals surface area contributed by atoms with Gasteiger partial charge < -0.3 is 17.7 Å². The summed E-state index contributed by atoms with van der Waals surface area (Å²) in [6, 6.07) is 0. The van der Waals surface area contributed by atoms with Gasteiger partial charge in [-0.2, -0.15) is 0 Å². The standard InChI is InChI=1S/C28H58O4Si2/c1-9-15-17-19-25-33(29-21-11-3,30-22-12-4)27(7)28(8)34(31-23-13-5,32-24-14-6)26-20-18-16-10-2/h19-20,25-28H,9-18,21-24H2,1-8H3. The molecule has 0 rings (SSSR count). The lowest BCUT2D eigenvalue weighted by Gasteiger charge is -2.42. The minimum absolute atomic E-state index is 0.222. The Bertz CT molecular complexity index is 463. The van der Waals surface area contributed by atoms with Crippen LogP contribution in [0, 0.1) is 0 Å². The second kappa shape index (κ2) is 20.9. The van der Waals surface area contributed by atoms with Crippen LogP contribution in [0.1, 0.15) is 120 Å². The van der Waals surface area contributed by atoms with Crippen LogP contribution in [0.25, 0.3) is 0 Å². The van der Waals surface area contributed by atoms with Gasteiger partial charge >= 0.3 is 17.1 Å². The molecule has 34 heavy (non-hydrogen) atoms. The molecule has 2 unspecified atom stereocenters. The van der Waals surface area contributed by atoms with E-state index in [4.69, 9.17) is 17.7 Å². The summed E-state index contributed by atoms with van der Waals surface area (Å²) < 4.78 is 26.8. The van der Waals surface area contributed by atoms with Gasteiger partial charge in [0.1, 0.15) is 0 Å². The van der Waals surface area contributed by atoms with Crippen LogP contribution < -0.4 is 0 Å². The van der Waals surface area contributed by atoms with E-state index in [-0.39, 0.29) is 11.1 Å². The van der Waals surface area contributed by atoms with E-state index in [0.717, 1.165) is 65.0 Å². The van der Waals surface area contributed by atoms with Gasteiger partial charge in [-0.3, -0.25) is 0 Å². The van der Waals surface area contributed by atoms with Crippen LogP contribution in [0.4, 0.5) is 0 Å². The third kappa shape index (κ3) is 12.1. The summed E-state index contributed by atoms with van der Waals surface area (Å²) in [4.78, 5) is 0.